The van der Waals surface area contributed by atoms with Crippen molar-refractivity contribution >= 4 is 17.3 Å². The van der Waals surface area contributed by atoms with Crippen LogP contribution in [0.5, 0.6) is 11.5 Å². The molecule has 1 rings (SSSR count). The van der Waals surface area contributed by atoms with Crippen molar-refractivity contribution < 1.29 is 9.47 Å². The van der Waals surface area contributed by atoms with E-state index < -0.39 is 0 Å². The van der Waals surface area contributed by atoms with Crippen LogP contribution in [0.25, 0.3) is 0 Å². The Bertz CT molecular complexity index is 441. The van der Waals surface area contributed by atoms with E-state index in [2.05, 4.69) is 0 Å². The maximum Gasteiger partial charge on any atom is 0.185 e. The topological polar surface area (TPSA) is 68.3 Å². The van der Waals surface area contributed by atoms with E-state index in [1.165, 1.54) is 7.11 Å². The standard InChI is InChI=1S/C12H15ClN2O2/c1-16-11-8(4-3-5-13)6-9(7-14)10(15)12(11)17-2/h6H,3-5,15H2,1-2H3. The molecule has 0 amide bonds. The molecule has 0 atom stereocenters. The number of ether oxygens (including phenoxy) is 2. The Kier molecular flexibility index (Phi) is 4.92. The van der Waals surface area contributed by atoms with Gasteiger partial charge in [0.05, 0.1) is 25.5 Å². The number of nitrogen functional groups attached to an aromatic ring is 1. The third kappa shape index (κ3) is 2.75. The molecule has 0 saturated heterocycles. The molecule has 5 heteroatoms. The molecule has 0 heterocycles. The lowest BCUT2D eigenvalue weighted by atomic mass is 10.0. The fourth-order valence-corrected chi connectivity index (χ4v) is 1.80. The molecular weight excluding hydrogens is 240 g/mol. The summed E-state index contributed by atoms with van der Waals surface area (Å²) in [6.07, 6.45) is 1.52. The molecule has 0 spiro atoms. The lowest BCUT2D eigenvalue weighted by Gasteiger charge is -2.15. The van der Waals surface area contributed by atoms with E-state index in [0.29, 0.717) is 28.6 Å². The first-order chi connectivity index (χ1) is 8.19. The van der Waals surface area contributed by atoms with Crippen molar-refractivity contribution in [1.82, 2.24) is 0 Å². The van der Waals surface area contributed by atoms with Crippen molar-refractivity contribution in [3.8, 4) is 17.6 Å². The molecule has 0 radical (unpaired) electrons. The first-order valence-electron chi connectivity index (χ1n) is 5.19. The third-order valence-corrected chi connectivity index (χ3v) is 2.73. The molecule has 17 heavy (non-hydrogen) atoms. The van der Waals surface area contributed by atoms with Gasteiger partial charge in [0.15, 0.2) is 11.5 Å². The number of alkyl halides is 1. The lowest BCUT2D eigenvalue weighted by molar-refractivity contribution is 0.353. The van der Waals surface area contributed by atoms with Gasteiger partial charge in [0, 0.05) is 5.88 Å². The number of hydrogen-bond donors (Lipinski definition) is 1. The van der Waals surface area contributed by atoms with Gasteiger partial charge in [-0.05, 0) is 24.5 Å². The van der Waals surface area contributed by atoms with Crippen LogP contribution in [0.3, 0.4) is 0 Å². The molecule has 0 unspecified atom stereocenters. The van der Waals surface area contributed by atoms with Crippen LogP contribution in [-0.4, -0.2) is 20.1 Å². The van der Waals surface area contributed by atoms with Crippen molar-refractivity contribution in [3.63, 3.8) is 0 Å². The fourth-order valence-electron chi connectivity index (χ4n) is 1.67. The molecule has 2 N–H and O–H groups in total. The van der Waals surface area contributed by atoms with Crippen LogP contribution >= 0.6 is 11.6 Å². The van der Waals surface area contributed by atoms with Crippen molar-refractivity contribution in [3.05, 3.63) is 17.2 Å². The summed E-state index contributed by atoms with van der Waals surface area (Å²) in [7, 11) is 3.05. The van der Waals surface area contributed by atoms with Crippen LogP contribution < -0.4 is 15.2 Å². The highest BCUT2D eigenvalue weighted by molar-refractivity contribution is 6.17. The number of halogens is 1. The molecule has 92 valence electrons. The summed E-state index contributed by atoms with van der Waals surface area (Å²) in [5.41, 5.74) is 7.41. The number of aryl methyl sites for hydroxylation is 1. The van der Waals surface area contributed by atoms with Gasteiger partial charge >= 0.3 is 0 Å². The minimum absolute atomic E-state index is 0.307. The monoisotopic (exact) mass is 254 g/mol. The van der Waals surface area contributed by atoms with Crippen molar-refractivity contribution in [2.45, 2.75) is 12.8 Å². The molecule has 0 aromatic heterocycles. The summed E-state index contributed by atoms with van der Waals surface area (Å²) in [6, 6.07) is 3.77. The zero-order valence-electron chi connectivity index (χ0n) is 9.92. The van der Waals surface area contributed by atoms with Gasteiger partial charge in [0.1, 0.15) is 6.07 Å². The van der Waals surface area contributed by atoms with Crippen LogP contribution in [0.15, 0.2) is 6.07 Å². The molecule has 4 nitrogen and oxygen atoms in total. The largest absolute Gasteiger partial charge is 0.492 e. The Labute approximate surface area is 106 Å². The van der Waals surface area contributed by atoms with E-state index in [1.54, 1.807) is 13.2 Å². The molecule has 0 saturated carbocycles. The highest BCUT2D eigenvalue weighted by atomic mass is 35.5. The average Bonchev–Trinajstić information content (AvgIpc) is 2.36. The maximum atomic E-state index is 9.00. The molecule has 0 aliphatic rings. The summed E-state index contributed by atoms with van der Waals surface area (Å²) >= 11 is 5.66. The maximum absolute atomic E-state index is 9.00. The summed E-state index contributed by atoms with van der Waals surface area (Å²) in [6.45, 7) is 0. The van der Waals surface area contributed by atoms with E-state index in [0.717, 1.165) is 18.4 Å². The van der Waals surface area contributed by atoms with Crippen LogP contribution in [0.4, 0.5) is 5.69 Å². The Balaban J connectivity index is 3.32. The molecule has 1 aromatic rings. The molecule has 1 aromatic carbocycles. The Hall–Kier alpha value is -1.60. The molecule has 0 aliphatic heterocycles. The van der Waals surface area contributed by atoms with Crippen molar-refractivity contribution in [2.75, 3.05) is 25.8 Å². The SMILES string of the molecule is COc1c(CCCCl)cc(C#N)c(N)c1OC. The van der Waals surface area contributed by atoms with E-state index in [1.807, 2.05) is 6.07 Å². The third-order valence-electron chi connectivity index (χ3n) is 2.46. The van der Waals surface area contributed by atoms with Gasteiger partial charge in [-0.25, -0.2) is 0 Å². The number of rotatable bonds is 5. The smallest absolute Gasteiger partial charge is 0.185 e. The first-order valence-corrected chi connectivity index (χ1v) is 5.72. The zero-order valence-corrected chi connectivity index (χ0v) is 10.7. The number of benzene rings is 1. The predicted octanol–water partition coefficient (Wildman–Crippen LogP) is 2.33. The molecule has 0 bridgehead atoms. The van der Waals surface area contributed by atoms with E-state index >= 15 is 0 Å². The quantitative estimate of drug-likeness (QED) is 0.647. The number of nitriles is 1. The number of anilines is 1. The second-order valence-corrected chi connectivity index (χ2v) is 3.85. The summed E-state index contributed by atoms with van der Waals surface area (Å²) < 4.78 is 10.5. The fraction of sp³-hybridized carbons (Fsp3) is 0.417. The van der Waals surface area contributed by atoms with Crippen LogP contribution in [0.1, 0.15) is 17.5 Å². The predicted molar refractivity (Wildman–Crippen MR) is 67.7 cm³/mol. The molecular formula is C12H15ClN2O2. The Morgan fingerprint density at radius 2 is 2.00 bits per heavy atom. The van der Waals surface area contributed by atoms with Gasteiger partial charge in [-0.2, -0.15) is 5.26 Å². The summed E-state index contributed by atoms with van der Waals surface area (Å²) in [5.74, 6) is 1.54. The normalized spacial score (nSPS) is 9.76. The van der Waals surface area contributed by atoms with E-state index in [-0.39, 0.29) is 0 Å². The van der Waals surface area contributed by atoms with Gasteiger partial charge in [-0.1, -0.05) is 0 Å². The van der Waals surface area contributed by atoms with Crippen LogP contribution in [0.2, 0.25) is 0 Å². The van der Waals surface area contributed by atoms with Crippen LogP contribution in [-0.2, 0) is 6.42 Å². The van der Waals surface area contributed by atoms with Crippen molar-refractivity contribution in [2.24, 2.45) is 0 Å². The summed E-state index contributed by atoms with van der Waals surface area (Å²) in [5, 5.41) is 9.00. The van der Waals surface area contributed by atoms with Crippen molar-refractivity contribution in [1.29, 1.82) is 5.26 Å². The summed E-state index contributed by atoms with van der Waals surface area (Å²) in [4.78, 5) is 0. The van der Waals surface area contributed by atoms with Gasteiger partial charge in [0.2, 0.25) is 0 Å². The highest BCUT2D eigenvalue weighted by Gasteiger charge is 2.17. The van der Waals surface area contributed by atoms with Gasteiger partial charge in [0.25, 0.3) is 0 Å². The second-order valence-electron chi connectivity index (χ2n) is 3.47. The van der Waals surface area contributed by atoms with Gasteiger partial charge in [-0.3, -0.25) is 0 Å². The van der Waals surface area contributed by atoms with E-state index in [4.69, 9.17) is 32.1 Å². The zero-order chi connectivity index (χ0) is 12.8. The van der Waals surface area contributed by atoms with Crippen LogP contribution in [0, 0.1) is 11.3 Å². The highest BCUT2D eigenvalue weighted by Crippen LogP contribution is 2.39. The number of hydrogen-bond acceptors (Lipinski definition) is 4. The molecule has 0 aliphatic carbocycles. The first kappa shape index (κ1) is 13.5. The van der Waals surface area contributed by atoms with Gasteiger partial charge in [-0.15, -0.1) is 11.6 Å². The minimum atomic E-state index is 0.307. The Morgan fingerprint density at radius 1 is 1.35 bits per heavy atom. The number of nitrogens with two attached hydrogens (primary N) is 1. The van der Waals surface area contributed by atoms with Gasteiger partial charge < -0.3 is 15.2 Å². The lowest BCUT2D eigenvalue weighted by Crippen LogP contribution is -2.03. The minimum Gasteiger partial charge on any atom is -0.492 e. The average molecular weight is 255 g/mol. The number of methoxy groups -OCH3 is 2. The second kappa shape index (κ2) is 6.21. The number of nitrogens with zero attached hydrogens (tertiary/aromatic N) is 1. The van der Waals surface area contributed by atoms with E-state index in [9.17, 15) is 0 Å². The molecule has 0 fully saturated rings. The Morgan fingerprint density at radius 3 is 2.47 bits per heavy atom.